The predicted octanol–water partition coefficient (Wildman–Crippen LogP) is 1.72. The summed E-state index contributed by atoms with van der Waals surface area (Å²) in [5, 5.41) is 9.77. The highest BCUT2D eigenvalue weighted by Gasteiger charge is 2.11. The van der Waals surface area contributed by atoms with E-state index in [4.69, 9.17) is 5.73 Å². The molecule has 1 unspecified atom stereocenters. The summed E-state index contributed by atoms with van der Waals surface area (Å²) >= 11 is 0. The van der Waals surface area contributed by atoms with Crippen molar-refractivity contribution in [2.45, 2.75) is 39.7 Å². The molecule has 0 radical (unpaired) electrons. The van der Waals surface area contributed by atoms with Gasteiger partial charge in [0.2, 0.25) is 0 Å². The number of hydrogen-bond donors (Lipinski definition) is 2. The van der Waals surface area contributed by atoms with Gasteiger partial charge in [0.25, 0.3) is 0 Å². The molecular formula is C13H19NO2. The first kappa shape index (κ1) is 12.7. The van der Waals surface area contributed by atoms with Gasteiger partial charge in [-0.15, -0.1) is 0 Å². The van der Waals surface area contributed by atoms with Gasteiger partial charge in [-0.05, 0) is 43.4 Å². The number of rotatable bonds is 4. The van der Waals surface area contributed by atoms with E-state index in [9.17, 15) is 9.90 Å². The number of ketones is 1. The van der Waals surface area contributed by atoms with Crippen molar-refractivity contribution in [2.75, 3.05) is 0 Å². The number of benzene rings is 1. The molecule has 0 saturated heterocycles. The van der Waals surface area contributed by atoms with Crippen LogP contribution in [0.3, 0.4) is 0 Å². The average molecular weight is 221 g/mol. The van der Waals surface area contributed by atoms with E-state index in [1.807, 2.05) is 26.0 Å². The molecule has 1 aromatic carbocycles. The van der Waals surface area contributed by atoms with Gasteiger partial charge in [-0.3, -0.25) is 4.79 Å². The molecule has 0 saturated carbocycles. The molecule has 3 heteroatoms. The Hall–Kier alpha value is -1.35. The Morgan fingerprint density at radius 2 is 2.12 bits per heavy atom. The monoisotopic (exact) mass is 221 g/mol. The van der Waals surface area contributed by atoms with Crippen LogP contribution < -0.4 is 5.73 Å². The van der Waals surface area contributed by atoms with Crippen LogP contribution in [0.25, 0.3) is 0 Å². The Morgan fingerprint density at radius 1 is 1.50 bits per heavy atom. The van der Waals surface area contributed by atoms with E-state index in [0.717, 1.165) is 23.1 Å². The van der Waals surface area contributed by atoms with Gasteiger partial charge in [0.1, 0.15) is 11.5 Å². The van der Waals surface area contributed by atoms with Gasteiger partial charge in [0, 0.05) is 0 Å². The van der Waals surface area contributed by atoms with Crippen molar-refractivity contribution < 1.29 is 9.90 Å². The van der Waals surface area contributed by atoms with Crippen molar-refractivity contribution in [1.29, 1.82) is 0 Å². The molecule has 0 fully saturated rings. The lowest BCUT2D eigenvalue weighted by Gasteiger charge is -2.12. The second-order valence-electron chi connectivity index (χ2n) is 4.20. The molecule has 1 rings (SSSR count). The zero-order chi connectivity index (χ0) is 12.3. The molecule has 3 nitrogen and oxygen atoms in total. The minimum atomic E-state index is -0.450. The highest BCUT2D eigenvalue weighted by molar-refractivity contribution is 5.81. The Labute approximate surface area is 96.3 Å². The van der Waals surface area contributed by atoms with Crippen molar-refractivity contribution in [1.82, 2.24) is 0 Å². The SMILES string of the molecule is CCc1cc(CC(N)C(C)=O)cc(C)c1O. The summed E-state index contributed by atoms with van der Waals surface area (Å²) in [6.07, 6.45) is 1.30. The molecule has 0 aliphatic rings. The van der Waals surface area contributed by atoms with Crippen LogP contribution in [0.2, 0.25) is 0 Å². The van der Waals surface area contributed by atoms with E-state index in [0.29, 0.717) is 12.2 Å². The van der Waals surface area contributed by atoms with E-state index in [1.54, 1.807) is 0 Å². The Kier molecular flexibility index (Phi) is 4.07. The molecule has 0 aliphatic carbocycles. The number of nitrogens with two attached hydrogens (primary N) is 1. The summed E-state index contributed by atoms with van der Waals surface area (Å²) in [6.45, 7) is 5.35. The molecule has 1 aromatic rings. The zero-order valence-corrected chi connectivity index (χ0v) is 10.1. The van der Waals surface area contributed by atoms with Crippen LogP contribution in [0.15, 0.2) is 12.1 Å². The summed E-state index contributed by atoms with van der Waals surface area (Å²) in [4.78, 5) is 11.1. The first-order valence-corrected chi connectivity index (χ1v) is 5.53. The summed E-state index contributed by atoms with van der Waals surface area (Å²) in [5.74, 6) is 0.339. The van der Waals surface area contributed by atoms with Crippen molar-refractivity contribution in [3.05, 3.63) is 28.8 Å². The average Bonchev–Trinajstić information content (AvgIpc) is 2.22. The van der Waals surface area contributed by atoms with Crippen LogP contribution in [0.1, 0.15) is 30.5 Å². The van der Waals surface area contributed by atoms with Crippen LogP contribution in [0.5, 0.6) is 5.75 Å². The fraction of sp³-hybridized carbons (Fsp3) is 0.462. The molecular weight excluding hydrogens is 202 g/mol. The normalized spacial score (nSPS) is 12.5. The number of phenolic OH excluding ortho intramolecular Hbond substituents is 1. The first-order valence-electron chi connectivity index (χ1n) is 5.53. The number of aromatic hydroxyl groups is 1. The third-order valence-corrected chi connectivity index (χ3v) is 2.80. The smallest absolute Gasteiger partial charge is 0.146 e. The van der Waals surface area contributed by atoms with Gasteiger partial charge in [-0.1, -0.05) is 19.1 Å². The third-order valence-electron chi connectivity index (χ3n) is 2.80. The van der Waals surface area contributed by atoms with E-state index in [-0.39, 0.29) is 5.78 Å². The minimum absolute atomic E-state index is 0.0104. The van der Waals surface area contributed by atoms with Crippen LogP contribution in [0.4, 0.5) is 0 Å². The highest BCUT2D eigenvalue weighted by atomic mass is 16.3. The standard InChI is InChI=1S/C13H19NO2/c1-4-11-6-10(5-8(2)13(11)16)7-12(14)9(3)15/h5-6,12,16H,4,7,14H2,1-3H3. The fourth-order valence-electron chi connectivity index (χ4n) is 1.72. The van der Waals surface area contributed by atoms with Crippen LogP contribution >= 0.6 is 0 Å². The van der Waals surface area contributed by atoms with Crippen molar-refractivity contribution >= 4 is 5.78 Å². The topological polar surface area (TPSA) is 63.3 Å². The van der Waals surface area contributed by atoms with Gasteiger partial charge in [0.15, 0.2) is 0 Å². The number of carbonyl (C=O) groups excluding carboxylic acids is 1. The van der Waals surface area contributed by atoms with E-state index >= 15 is 0 Å². The van der Waals surface area contributed by atoms with Gasteiger partial charge >= 0.3 is 0 Å². The van der Waals surface area contributed by atoms with Gasteiger partial charge in [-0.2, -0.15) is 0 Å². The molecule has 0 bridgehead atoms. The second-order valence-corrected chi connectivity index (χ2v) is 4.20. The molecule has 1 atom stereocenters. The Balaban J connectivity index is 2.98. The maximum atomic E-state index is 11.1. The molecule has 16 heavy (non-hydrogen) atoms. The molecule has 0 spiro atoms. The highest BCUT2D eigenvalue weighted by Crippen LogP contribution is 2.24. The van der Waals surface area contributed by atoms with Gasteiger partial charge in [-0.25, -0.2) is 0 Å². The van der Waals surface area contributed by atoms with Gasteiger partial charge < -0.3 is 10.8 Å². The lowest BCUT2D eigenvalue weighted by molar-refractivity contribution is -0.118. The van der Waals surface area contributed by atoms with Crippen molar-refractivity contribution in [2.24, 2.45) is 5.73 Å². The number of hydrogen-bond acceptors (Lipinski definition) is 3. The van der Waals surface area contributed by atoms with E-state index in [1.165, 1.54) is 6.92 Å². The maximum absolute atomic E-state index is 11.1. The minimum Gasteiger partial charge on any atom is -0.507 e. The molecule has 0 heterocycles. The lowest BCUT2D eigenvalue weighted by Crippen LogP contribution is -2.30. The summed E-state index contributed by atoms with van der Waals surface area (Å²) in [6, 6.07) is 3.36. The van der Waals surface area contributed by atoms with Crippen LogP contribution in [-0.2, 0) is 17.6 Å². The molecule has 0 amide bonds. The number of phenols is 1. The summed E-state index contributed by atoms with van der Waals surface area (Å²) in [7, 11) is 0. The second kappa shape index (κ2) is 5.12. The van der Waals surface area contributed by atoms with Crippen LogP contribution in [-0.4, -0.2) is 16.9 Å². The van der Waals surface area contributed by atoms with E-state index in [2.05, 4.69) is 0 Å². The first-order chi connectivity index (χ1) is 7.45. The third kappa shape index (κ3) is 2.83. The molecule has 88 valence electrons. The molecule has 0 aliphatic heterocycles. The Bertz CT molecular complexity index is 399. The molecule has 3 N–H and O–H groups in total. The molecule has 0 aromatic heterocycles. The Morgan fingerprint density at radius 3 is 2.62 bits per heavy atom. The number of Topliss-reactive ketones (excluding diaryl/α,β-unsaturated/α-hetero) is 1. The fourth-order valence-corrected chi connectivity index (χ4v) is 1.72. The largest absolute Gasteiger partial charge is 0.507 e. The number of carbonyl (C=O) groups is 1. The maximum Gasteiger partial charge on any atom is 0.146 e. The zero-order valence-electron chi connectivity index (χ0n) is 10.1. The lowest BCUT2D eigenvalue weighted by atomic mass is 9.97. The summed E-state index contributed by atoms with van der Waals surface area (Å²) in [5.41, 5.74) is 8.47. The van der Waals surface area contributed by atoms with Crippen molar-refractivity contribution in [3.63, 3.8) is 0 Å². The van der Waals surface area contributed by atoms with E-state index < -0.39 is 6.04 Å². The predicted molar refractivity (Wildman–Crippen MR) is 64.6 cm³/mol. The van der Waals surface area contributed by atoms with Gasteiger partial charge in [0.05, 0.1) is 6.04 Å². The quantitative estimate of drug-likeness (QED) is 0.813. The van der Waals surface area contributed by atoms with Crippen LogP contribution in [0, 0.1) is 6.92 Å². The summed E-state index contributed by atoms with van der Waals surface area (Å²) < 4.78 is 0. The van der Waals surface area contributed by atoms with Crippen molar-refractivity contribution in [3.8, 4) is 5.75 Å². The number of aryl methyl sites for hydroxylation is 2.